The second-order valence-corrected chi connectivity index (χ2v) is 7.33. The van der Waals surface area contributed by atoms with Gasteiger partial charge in [-0.05, 0) is 57.5 Å². The summed E-state index contributed by atoms with van der Waals surface area (Å²) in [5, 5.41) is 13.6. The number of nitrogens with one attached hydrogen (secondary N) is 1. The summed E-state index contributed by atoms with van der Waals surface area (Å²) in [6.45, 7) is 11.4. The number of piperidine rings is 1. The van der Waals surface area contributed by atoms with Gasteiger partial charge < -0.3 is 20.1 Å². The van der Waals surface area contributed by atoms with Crippen LogP contribution in [0.3, 0.4) is 0 Å². The number of rotatable bonds is 6. The summed E-state index contributed by atoms with van der Waals surface area (Å²) >= 11 is 0. The van der Waals surface area contributed by atoms with Gasteiger partial charge in [-0.15, -0.1) is 0 Å². The first-order chi connectivity index (χ1) is 12.2. The number of hydrogen-bond acceptors (Lipinski definition) is 5. The molecular weight excluding hydrogens is 314 g/mol. The lowest BCUT2D eigenvalue weighted by Gasteiger charge is -2.42. The number of phenols is 1. The molecule has 0 bridgehead atoms. The monoisotopic (exact) mass is 347 g/mol. The van der Waals surface area contributed by atoms with E-state index in [2.05, 4.69) is 28.1 Å². The van der Waals surface area contributed by atoms with Crippen LogP contribution in [0.4, 0.5) is 0 Å². The van der Waals surface area contributed by atoms with Crippen LogP contribution < -0.4 is 10.1 Å². The van der Waals surface area contributed by atoms with E-state index in [1.807, 2.05) is 13.0 Å². The predicted octanol–water partition coefficient (Wildman–Crippen LogP) is 2.61. The minimum atomic E-state index is 0.232. The molecule has 0 radical (unpaired) electrons. The van der Waals surface area contributed by atoms with Crippen LogP contribution in [0.1, 0.15) is 44.7 Å². The largest absolute Gasteiger partial charge is 0.504 e. The number of nitrogens with zero attached hydrogens (tertiary/aromatic N) is 2. The average Bonchev–Trinajstić information content (AvgIpc) is 2.63. The number of likely N-dealkylation sites (tertiary alicyclic amines) is 1. The van der Waals surface area contributed by atoms with Gasteiger partial charge >= 0.3 is 0 Å². The highest BCUT2D eigenvalue weighted by Crippen LogP contribution is 2.33. The molecule has 2 fully saturated rings. The average molecular weight is 348 g/mol. The third-order valence-electron chi connectivity index (χ3n) is 5.50. The maximum Gasteiger partial charge on any atom is 0.161 e. The van der Waals surface area contributed by atoms with Crippen LogP contribution in [-0.4, -0.2) is 66.8 Å². The Balaban J connectivity index is 1.85. The molecule has 2 unspecified atom stereocenters. The van der Waals surface area contributed by atoms with Gasteiger partial charge in [-0.3, -0.25) is 4.90 Å². The molecule has 2 aliphatic rings. The van der Waals surface area contributed by atoms with E-state index in [9.17, 15) is 5.11 Å². The highest BCUT2D eigenvalue weighted by atomic mass is 16.5. The van der Waals surface area contributed by atoms with Gasteiger partial charge in [0.15, 0.2) is 11.5 Å². The van der Waals surface area contributed by atoms with Crippen LogP contribution in [0, 0.1) is 0 Å². The third-order valence-corrected chi connectivity index (χ3v) is 5.50. The summed E-state index contributed by atoms with van der Waals surface area (Å²) in [6, 6.07) is 6.75. The van der Waals surface area contributed by atoms with Crippen LogP contribution in [0.25, 0.3) is 0 Å². The molecule has 2 heterocycles. The molecule has 1 aromatic carbocycles. The maximum absolute atomic E-state index is 10.1. The Morgan fingerprint density at radius 2 is 2.04 bits per heavy atom. The second kappa shape index (κ2) is 8.88. The van der Waals surface area contributed by atoms with Crippen molar-refractivity contribution in [3.63, 3.8) is 0 Å². The van der Waals surface area contributed by atoms with Crippen molar-refractivity contribution in [1.82, 2.24) is 15.1 Å². The summed E-state index contributed by atoms with van der Waals surface area (Å²) in [4.78, 5) is 5.23. The quantitative estimate of drug-likeness (QED) is 0.828. The molecule has 1 aromatic rings. The van der Waals surface area contributed by atoms with E-state index in [4.69, 9.17) is 4.74 Å². The van der Waals surface area contributed by atoms with Crippen LogP contribution in [-0.2, 0) is 0 Å². The zero-order valence-corrected chi connectivity index (χ0v) is 15.7. The van der Waals surface area contributed by atoms with Crippen molar-refractivity contribution in [2.75, 3.05) is 45.9 Å². The molecule has 0 aliphatic carbocycles. The van der Waals surface area contributed by atoms with Crippen LogP contribution >= 0.6 is 0 Å². The number of ether oxygens (including phenoxy) is 1. The summed E-state index contributed by atoms with van der Waals surface area (Å²) in [5.74, 6) is 0.835. The maximum atomic E-state index is 10.1. The first kappa shape index (κ1) is 18.5. The fraction of sp³-hybridized carbons (Fsp3) is 0.700. The molecule has 2 atom stereocenters. The molecule has 140 valence electrons. The van der Waals surface area contributed by atoms with E-state index in [1.165, 1.54) is 37.9 Å². The van der Waals surface area contributed by atoms with Gasteiger partial charge in [0.2, 0.25) is 0 Å². The van der Waals surface area contributed by atoms with Gasteiger partial charge in [0.25, 0.3) is 0 Å². The molecule has 2 saturated heterocycles. The smallest absolute Gasteiger partial charge is 0.161 e. The predicted molar refractivity (Wildman–Crippen MR) is 101 cm³/mol. The molecule has 3 rings (SSSR count). The highest BCUT2D eigenvalue weighted by Gasteiger charge is 2.29. The van der Waals surface area contributed by atoms with Gasteiger partial charge in [-0.25, -0.2) is 0 Å². The van der Waals surface area contributed by atoms with Crippen molar-refractivity contribution in [2.45, 2.75) is 45.2 Å². The Morgan fingerprint density at radius 3 is 2.76 bits per heavy atom. The lowest BCUT2D eigenvalue weighted by molar-refractivity contribution is 0.0778. The van der Waals surface area contributed by atoms with Gasteiger partial charge in [-0.2, -0.15) is 0 Å². The molecule has 5 heteroatoms. The third kappa shape index (κ3) is 4.66. The first-order valence-corrected chi connectivity index (χ1v) is 9.83. The summed E-state index contributed by atoms with van der Waals surface area (Å²) in [6.07, 6.45) is 3.98. The van der Waals surface area contributed by atoms with Crippen LogP contribution in [0.15, 0.2) is 18.2 Å². The molecule has 0 saturated carbocycles. The summed E-state index contributed by atoms with van der Waals surface area (Å²) in [7, 11) is 0. The number of hydrogen-bond donors (Lipinski definition) is 2. The van der Waals surface area contributed by atoms with E-state index >= 15 is 0 Å². The topological polar surface area (TPSA) is 48.0 Å². The summed E-state index contributed by atoms with van der Waals surface area (Å²) in [5.41, 5.74) is 1.25. The summed E-state index contributed by atoms with van der Waals surface area (Å²) < 4.78 is 5.64. The van der Waals surface area contributed by atoms with Gasteiger partial charge in [-0.1, -0.05) is 12.5 Å². The van der Waals surface area contributed by atoms with E-state index in [0.717, 1.165) is 26.2 Å². The van der Waals surface area contributed by atoms with E-state index < -0.39 is 0 Å². The Kier molecular flexibility index (Phi) is 6.57. The molecule has 2 aliphatic heterocycles. The van der Waals surface area contributed by atoms with E-state index in [-0.39, 0.29) is 5.75 Å². The Morgan fingerprint density at radius 1 is 1.24 bits per heavy atom. The number of piperazine rings is 1. The molecule has 25 heavy (non-hydrogen) atoms. The van der Waals surface area contributed by atoms with Crippen molar-refractivity contribution in [3.8, 4) is 11.5 Å². The molecule has 0 spiro atoms. The minimum Gasteiger partial charge on any atom is -0.504 e. The second-order valence-electron chi connectivity index (χ2n) is 7.33. The zero-order chi connectivity index (χ0) is 17.6. The lowest BCUT2D eigenvalue weighted by atomic mass is 9.99. The van der Waals surface area contributed by atoms with Gasteiger partial charge in [0.05, 0.1) is 6.61 Å². The normalized spacial score (nSPS) is 24.2. The Labute approximate surface area is 152 Å². The highest BCUT2D eigenvalue weighted by molar-refractivity contribution is 5.43. The van der Waals surface area contributed by atoms with Crippen molar-refractivity contribution < 1.29 is 9.84 Å². The first-order valence-electron chi connectivity index (χ1n) is 9.83. The standard InChI is InChI=1S/C20H33N3O2/c1-3-25-20-13-17(7-8-19(20)24)18(15-22-10-5-4-6-11-22)23-12-9-21-14-16(23)2/h7-8,13,16,18,21,24H,3-6,9-12,14-15H2,1-2H3. The van der Waals surface area contributed by atoms with Gasteiger partial charge in [0, 0.05) is 38.3 Å². The fourth-order valence-corrected chi connectivity index (χ4v) is 4.12. The zero-order valence-electron chi connectivity index (χ0n) is 15.7. The van der Waals surface area contributed by atoms with Crippen molar-refractivity contribution >= 4 is 0 Å². The van der Waals surface area contributed by atoms with Gasteiger partial charge in [0.1, 0.15) is 0 Å². The Hall–Kier alpha value is -1.30. The molecule has 5 nitrogen and oxygen atoms in total. The van der Waals surface area contributed by atoms with E-state index in [0.29, 0.717) is 24.4 Å². The molecule has 0 amide bonds. The number of aromatic hydroxyl groups is 1. The van der Waals surface area contributed by atoms with Crippen molar-refractivity contribution in [2.24, 2.45) is 0 Å². The van der Waals surface area contributed by atoms with E-state index in [1.54, 1.807) is 6.07 Å². The SMILES string of the molecule is CCOc1cc(C(CN2CCCCC2)N2CCNCC2C)ccc1O. The fourth-order valence-electron chi connectivity index (χ4n) is 4.12. The van der Waals surface area contributed by atoms with Crippen molar-refractivity contribution in [3.05, 3.63) is 23.8 Å². The van der Waals surface area contributed by atoms with Crippen molar-refractivity contribution in [1.29, 1.82) is 0 Å². The minimum absolute atomic E-state index is 0.232. The number of phenolic OH excluding ortho intramolecular Hbond substituents is 1. The van der Waals surface area contributed by atoms with Crippen LogP contribution in [0.5, 0.6) is 11.5 Å². The lowest BCUT2D eigenvalue weighted by Crippen LogP contribution is -2.53. The van der Waals surface area contributed by atoms with Crippen LogP contribution in [0.2, 0.25) is 0 Å². The molecular formula is C20H33N3O2. The Bertz CT molecular complexity index is 546. The number of benzene rings is 1. The molecule has 0 aromatic heterocycles. The molecule has 2 N–H and O–H groups in total.